The van der Waals surface area contributed by atoms with Crippen LogP contribution in [-0.2, 0) is 4.79 Å². The van der Waals surface area contributed by atoms with E-state index in [1.807, 2.05) is 12.5 Å². The molecule has 3 nitrogen and oxygen atoms in total. The summed E-state index contributed by atoms with van der Waals surface area (Å²) in [6.45, 7) is 1.62. The standard InChI is InChI=1S/C23H18F2O3S/c1-12-8-13(11-26)22(24)23(25)20(12)21-16-6-4-14(27)9-18(16)29(2,3)19-10-15(28)5-7-17(19)21/h4-11,27H,1-3H3. The number of aromatic hydroxyl groups is 1. The van der Waals surface area contributed by atoms with E-state index < -0.39 is 21.7 Å². The van der Waals surface area contributed by atoms with Crippen molar-refractivity contribution in [2.75, 3.05) is 12.5 Å². The molecule has 1 N–H and O–H groups in total. The molecule has 6 heteroatoms. The van der Waals surface area contributed by atoms with Crippen molar-refractivity contribution in [1.82, 2.24) is 0 Å². The number of carbonyl (C=O) groups excluding carboxylic acids is 2. The van der Waals surface area contributed by atoms with Gasteiger partial charge in [-0.3, -0.25) is 9.59 Å². The Bertz CT molecular complexity index is 1200. The second-order valence-electron chi connectivity index (χ2n) is 7.44. The Morgan fingerprint density at radius 1 is 1.07 bits per heavy atom. The molecule has 0 saturated carbocycles. The zero-order chi connectivity index (χ0) is 21.1. The van der Waals surface area contributed by atoms with Gasteiger partial charge in [0.25, 0.3) is 0 Å². The summed E-state index contributed by atoms with van der Waals surface area (Å²) in [4.78, 5) is 24.7. The van der Waals surface area contributed by atoms with Crippen molar-refractivity contribution in [3.63, 3.8) is 0 Å². The molecule has 0 radical (unpaired) electrons. The van der Waals surface area contributed by atoms with Crippen LogP contribution in [0.2, 0.25) is 0 Å². The Labute approximate surface area is 168 Å². The smallest absolute Gasteiger partial charge is 0.179 e. The van der Waals surface area contributed by atoms with Crippen LogP contribution in [-0.4, -0.2) is 29.7 Å². The highest BCUT2D eigenvalue weighted by molar-refractivity contribution is 8.36. The molecular formula is C23H18F2O3S. The van der Waals surface area contributed by atoms with E-state index >= 15 is 4.39 Å². The molecule has 148 valence electrons. The number of hydrogen-bond acceptors (Lipinski definition) is 3. The van der Waals surface area contributed by atoms with Gasteiger partial charge in [-0.05, 0) is 78.6 Å². The molecule has 1 aliphatic heterocycles. The molecule has 0 atom stereocenters. The fraction of sp³-hybridized carbons (Fsp3) is 0.130. The van der Waals surface area contributed by atoms with Crippen LogP contribution in [0.15, 0.2) is 57.9 Å². The summed E-state index contributed by atoms with van der Waals surface area (Å²) < 4.78 is 29.7. The number of carbonyl (C=O) groups is 2. The highest BCUT2D eigenvalue weighted by atomic mass is 32.3. The Morgan fingerprint density at radius 3 is 2.48 bits per heavy atom. The number of halogens is 2. The number of hydrogen-bond donors (Lipinski definition) is 1. The van der Waals surface area contributed by atoms with Crippen LogP contribution >= 0.6 is 10.0 Å². The maximum Gasteiger partial charge on any atom is 0.179 e. The van der Waals surface area contributed by atoms with Crippen molar-refractivity contribution in [3.05, 3.63) is 86.9 Å². The van der Waals surface area contributed by atoms with E-state index in [0.717, 1.165) is 9.80 Å². The molecule has 29 heavy (non-hydrogen) atoms. The normalized spacial score (nSPS) is 18.1. The van der Waals surface area contributed by atoms with Crippen LogP contribution in [0, 0.1) is 18.6 Å². The lowest BCUT2D eigenvalue weighted by molar-refractivity contribution is -0.110. The van der Waals surface area contributed by atoms with E-state index in [2.05, 4.69) is 0 Å². The summed E-state index contributed by atoms with van der Waals surface area (Å²) >= 11 is 0. The van der Waals surface area contributed by atoms with Gasteiger partial charge >= 0.3 is 0 Å². The largest absolute Gasteiger partial charge is 0.508 e. The highest BCUT2D eigenvalue weighted by Gasteiger charge is 2.37. The molecule has 0 fully saturated rings. The van der Waals surface area contributed by atoms with Crippen LogP contribution < -0.4 is 0 Å². The third kappa shape index (κ3) is 2.78. The van der Waals surface area contributed by atoms with Crippen molar-refractivity contribution >= 4 is 27.7 Å². The second-order valence-corrected chi connectivity index (χ2v) is 11.0. The third-order valence-corrected chi connectivity index (χ3v) is 8.24. The number of phenolic OH excluding ortho intramolecular Hbond substituents is 1. The number of aldehydes is 1. The SMILES string of the molecule is Cc1cc(C=O)c(F)c(F)c1C1=C2C=CC(=O)C=C2S(C)(C)c2cc(O)ccc21. The van der Waals surface area contributed by atoms with Gasteiger partial charge in [-0.15, -0.1) is 0 Å². The van der Waals surface area contributed by atoms with Gasteiger partial charge in [-0.25, -0.2) is 8.78 Å². The minimum atomic E-state index is -1.69. The number of phenols is 1. The van der Waals surface area contributed by atoms with Crippen molar-refractivity contribution in [2.45, 2.75) is 11.8 Å². The van der Waals surface area contributed by atoms with E-state index in [-0.39, 0.29) is 28.9 Å². The number of ketones is 1. The molecule has 0 amide bonds. The van der Waals surface area contributed by atoms with Crippen molar-refractivity contribution in [3.8, 4) is 5.75 Å². The van der Waals surface area contributed by atoms with E-state index in [4.69, 9.17) is 0 Å². The summed E-state index contributed by atoms with van der Waals surface area (Å²) in [5, 5.41) is 10.1. The average Bonchev–Trinajstić information content (AvgIpc) is 2.68. The van der Waals surface area contributed by atoms with E-state index in [9.17, 15) is 19.1 Å². The molecule has 0 bridgehead atoms. The van der Waals surface area contributed by atoms with E-state index in [1.54, 1.807) is 25.1 Å². The van der Waals surface area contributed by atoms with Gasteiger partial charge < -0.3 is 5.11 Å². The monoisotopic (exact) mass is 412 g/mol. The van der Waals surface area contributed by atoms with E-state index in [0.29, 0.717) is 22.3 Å². The van der Waals surface area contributed by atoms with Crippen molar-refractivity contribution < 1.29 is 23.5 Å². The molecule has 1 heterocycles. The number of aryl methyl sites for hydroxylation is 1. The molecule has 2 aromatic carbocycles. The summed E-state index contributed by atoms with van der Waals surface area (Å²) in [5.41, 5.74) is 1.90. The predicted molar refractivity (Wildman–Crippen MR) is 111 cm³/mol. The molecule has 4 rings (SSSR count). The maximum absolute atomic E-state index is 15.2. The first-order chi connectivity index (χ1) is 13.7. The molecule has 2 aromatic rings. The molecular weight excluding hydrogens is 394 g/mol. The number of fused-ring (bicyclic) bond motifs is 2. The topological polar surface area (TPSA) is 54.4 Å². The Morgan fingerprint density at radius 2 is 1.79 bits per heavy atom. The summed E-state index contributed by atoms with van der Waals surface area (Å²) in [6.07, 6.45) is 8.86. The van der Waals surface area contributed by atoms with Crippen LogP contribution in [0.5, 0.6) is 5.75 Å². The lowest BCUT2D eigenvalue weighted by Gasteiger charge is -2.43. The average molecular weight is 412 g/mol. The Hall–Kier alpha value is -2.99. The first kappa shape index (κ1) is 19.3. The Kier molecular flexibility index (Phi) is 4.35. The zero-order valence-corrected chi connectivity index (χ0v) is 16.9. The molecule has 0 saturated heterocycles. The van der Waals surface area contributed by atoms with Gasteiger partial charge in [-0.2, -0.15) is 10.0 Å². The molecule has 1 aliphatic carbocycles. The summed E-state index contributed by atoms with van der Waals surface area (Å²) in [7, 11) is -1.69. The fourth-order valence-corrected chi connectivity index (χ4v) is 6.48. The zero-order valence-electron chi connectivity index (χ0n) is 16.0. The van der Waals surface area contributed by atoms with Gasteiger partial charge in [0.2, 0.25) is 0 Å². The van der Waals surface area contributed by atoms with Gasteiger partial charge in [-0.1, -0.05) is 0 Å². The van der Waals surface area contributed by atoms with Crippen LogP contribution in [0.4, 0.5) is 8.78 Å². The van der Waals surface area contributed by atoms with Crippen LogP contribution in [0.1, 0.15) is 27.0 Å². The van der Waals surface area contributed by atoms with Gasteiger partial charge in [0.15, 0.2) is 23.7 Å². The number of rotatable bonds is 2. The van der Waals surface area contributed by atoms with E-state index in [1.165, 1.54) is 24.3 Å². The lowest BCUT2D eigenvalue weighted by atomic mass is 9.86. The maximum atomic E-state index is 15.2. The highest BCUT2D eigenvalue weighted by Crippen LogP contribution is 2.66. The lowest BCUT2D eigenvalue weighted by Crippen LogP contribution is -2.17. The first-order valence-corrected chi connectivity index (χ1v) is 11.3. The van der Waals surface area contributed by atoms with Gasteiger partial charge in [0.05, 0.1) is 5.56 Å². The number of allylic oxidation sites excluding steroid dienone is 4. The van der Waals surface area contributed by atoms with Gasteiger partial charge in [0.1, 0.15) is 5.75 Å². The first-order valence-electron chi connectivity index (χ1n) is 8.86. The van der Waals surface area contributed by atoms with Gasteiger partial charge in [0, 0.05) is 20.9 Å². The summed E-state index contributed by atoms with van der Waals surface area (Å²) in [6, 6.07) is 6.13. The van der Waals surface area contributed by atoms with Crippen molar-refractivity contribution in [1.29, 1.82) is 0 Å². The minimum Gasteiger partial charge on any atom is -0.508 e. The Balaban J connectivity index is 2.17. The minimum absolute atomic E-state index is 0.0508. The summed E-state index contributed by atoms with van der Waals surface area (Å²) in [5.74, 6) is -2.42. The van der Waals surface area contributed by atoms with Crippen LogP contribution in [0.3, 0.4) is 0 Å². The molecule has 0 unspecified atom stereocenters. The van der Waals surface area contributed by atoms with Crippen LogP contribution in [0.25, 0.3) is 5.57 Å². The molecule has 0 spiro atoms. The second kappa shape index (κ2) is 6.52. The fourth-order valence-electron chi connectivity index (χ4n) is 3.98. The van der Waals surface area contributed by atoms with Crippen molar-refractivity contribution in [2.24, 2.45) is 0 Å². The molecule has 0 aromatic heterocycles. The third-order valence-electron chi connectivity index (χ3n) is 5.37. The molecule has 2 aliphatic rings. The quantitative estimate of drug-likeness (QED) is 0.702. The predicted octanol–water partition coefficient (Wildman–Crippen LogP) is 5.05. The number of benzene rings is 2.